The van der Waals surface area contributed by atoms with Crippen LogP contribution in [-0.4, -0.2) is 37.0 Å². The molecule has 0 fully saturated rings. The van der Waals surface area contributed by atoms with Crippen LogP contribution in [-0.2, 0) is 10.0 Å². The summed E-state index contributed by atoms with van der Waals surface area (Å²) in [5.41, 5.74) is 0.685. The first kappa shape index (κ1) is 16.7. The number of nitrogens with zero attached hydrogens (tertiary/aromatic N) is 1. The van der Waals surface area contributed by atoms with Gasteiger partial charge < -0.3 is 5.11 Å². The second-order valence-electron chi connectivity index (χ2n) is 4.69. The Morgan fingerprint density at radius 1 is 1.25 bits per heavy atom. The first-order chi connectivity index (χ1) is 9.43. The highest BCUT2D eigenvalue weighted by Gasteiger charge is 2.25. The number of sulfonamides is 1. The summed E-state index contributed by atoms with van der Waals surface area (Å²) in [4.78, 5) is 0.272. The summed E-state index contributed by atoms with van der Waals surface area (Å²) >= 11 is 0. The Morgan fingerprint density at radius 2 is 1.85 bits per heavy atom. The SMILES string of the molecule is CCCN(C(C)C)S(=O)(=O)c1ccc(C#CCO)cc1. The molecule has 5 heteroatoms. The topological polar surface area (TPSA) is 57.6 Å². The lowest BCUT2D eigenvalue weighted by atomic mass is 10.2. The molecule has 0 atom stereocenters. The molecule has 110 valence electrons. The third-order valence-electron chi connectivity index (χ3n) is 2.79. The molecule has 1 aromatic carbocycles. The van der Waals surface area contributed by atoms with E-state index in [1.54, 1.807) is 24.3 Å². The van der Waals surface area contributed by atoms with Crippen molar-refractivity contribution in [3.63, 3.8) is 0 Å². The van der Waals surface area contributed by atoms with Crippen LogP contribution in [0.3, 0.4) is 0 Å². The molecule has 0 radical (unpaired) electrons. The van der Waals surface area contributed by atoms with Crippen LogP contribution in [0.15, 0.2) is 29.2 Å². The molecule has 0 saturated heterocycles. The lowest BCUT2D eigenvalue weighted by Gasteiger charge is -2.25. The number of rotatable bonds is 5. The van der Waals surface area contributed by atoms with Crippen molar-refractivity contribution in [1.82, 2.24) is 4.31 Å². The molecule has 1 aromatic rings. The maximum absolute atomic E-state index is 12.5. The van der Waals surface area contributed by atoms with Gasteiger partial charge in [-0.1, -0.05) is 18.8 Å². The summed E-state index contributed by atoms with van der Waals surface area (Å²) < 4.78 is 26.6. The van der Waals surface area contributed by atoms with Gasteiger partial charge in [-0.05, 0) is 44.5 Å². The summed E-state index contributed by atoms with van der Waals surface area (Å²) in [6.45, 7) is 5.99. The quantitative estimate of drug-likeness (QED) is 0.843. The molecular weight excluding hydrogens is 274 g/mol. The van der Waals surface area contributed by atoms with Crippen LogP contribution < -0.4 is 0 Å². The summed E-state index contributed by atoms with van der Waals surface area (Å²) in [6, 6.07) is 6.34. The number of hydrogen-bond acceptors (Lipinski definition) is 3. The van der Waals surface area contributed by atoms with Gasteiger partial charge in [0, 0.05) is 18.2 Å². The highest BCUT2D eigenvalue weighted by atomic mass is 32.2. The molecule has 1 N–H and O–H groups in total. The van der Waals surface area contributed by atoms with E-state index in [-0.39, 0.29) is 17.5 Å². The highest BCUT2D eigenvalue weighted by molar-refractivity contribution is 7.89. The summed E-state index contributed by atoms with van der Waals surface area (Å²) in [7, 11) is -3.46. The van der Waals surface area contributed by atoms with E-state index in [0.29, 0.717) is 12.1 Å². The Bertz CT molecular complexity index is 580. The lowest BCUT2D eigenvalue weighted by Crippen LogP contribution is -2.37. The smallest absolute Gasteiger partial charge is 0.243 e. The maximum atomic E-state index is 12.5. The third kappa shape index (κ3) is 4.07. The van der Waals surface area contributed by atoms with Crippen molar-refractivity contribution in [1.29, 1.82) is 0 Å². The molecule has 0 unspecified atom stereocenters. The molecule has 0 heterocycles. The fraction of sp³-hybridized carbons (Fsp3) is 0.467. The Balaban J connectivity index is 3.08. The van der Waals surface area contributed by atoms with Gasteiger partial charge in [-0.3, -0.25) is 0 Å². The van der Waals surface area contributed by atoms with E-state index in [1.807, 2.05) is 20.8 Å². The minimum absolute atomic E-state index is 0.0752. The molecular formula is C15H21NO3S. The van der Waals surface area contributed by atoms with Gasteiger partial charge in [0.05, 0.1) is 4.90 Å². The largest absolute Gasteiger partial charge is 0.384 e. The van der Waals surface area contributed by atoms with Crippen molar-refractivity contribution in [3.8, 4) is 11.8 Å². The minimum Gasteiger partial charge on any atom is -0.384 e. The third-order valence-corrected chi connectivity index (χ3v) is 4.88. The fourth-order valence-corrected chi connectivity index (χ4v) is 3.59. The second-order valence-corrected chi connectivity index (χ2v) is 6.58. The fourth-order valence-electron chi connectivity index (χ4n) is 1.86. The zero-order valence-corrected chi connectivity index (χ0v) is 12.9. The van der Waals surface area contributed by atoms with E-state index in [9.17, 15) is 8.42 Å². The van der Waals surface area contributed by atoms with Crippen LogP contribution in [0.25, 0.3) is 0 Å². The minimum atomic E-state index is -3.46. The van der Waals surface area contributed by atoms with Crippen LogP contribution in [0.4, 0.5) is 0 Å². The van der Waals surface area contributed by atoms with E-state index in [1.165, 1.54) is 4.31 Å². The molecule has 4 nitrogen and oxygen atoms in total. The first-order valence-electron chi connectivity index (χ1n) is 6.65. The first-order valence-corrected chi connectivity index (χ1v) is 8.09. The average Bonchev–Trinajstić information content (AvgIpc) is 2.42. The Morgan fingerprint density at radius 3 is 2.30 bits per heavy atom. The van der Waals surface area contributed by atoms with Gasteiger partial charge in [-0.15, -0.1) is 0 Å². The second kappa shape index (κ2) is 7.44. The molecule has 0 aromatic heterocycles. The molecule has 0 saturated carbocycles. The molecule has 0 aliphatic carbocycles. The monoisotopic (exact) mass is 295 g/mol. The summed E-state index contributed by atoms with van der Waals surface area (Å²) in [5, 5.41) is 8.63. The van der Waals surface area contributed by atoms with Crippen LogP contribution in [0, 0.1) is 11.8 Å². The van der Waals surface area contributed by atoms with Crippen LogP contribution in [0.1, 0.15) is 32.8 Å². The zero-order chi connectivity index (χ0) is 15.2. The number of hydrogen-bond donors (Lipinski definition) is 1. The van der Waals surface area contributed by atoms with Crippen LogP contribution >= 0.6 is 0 Å². The van der Waals surface area contributed by atoms with E-state index < -0.39 is 10.0 Å². The van der Waals surface area contributed by atoms with E-state index >= 15 is 0 Å². The van der Waals surface area contributed by atoms with Gasteiger partial charge in [0.25, 0.3) is 0 Å². The van der Waals surface area contributed by atoms with Crippen molar-refractivity contribution in [2.45, 2.75) is 38.1 Å². The molecule has 0 amide bonds. The van der Waals surface area contributed by atoms with Crippen molar-refractivity contribution in [2.24, 2.45) is 0 Å². The van der Waals surface area contributed by atoms with Crippen molar-refractivity contribution in [2.75, 3.05) is 13.2 Å². The molecule has 0 aliphatic heterocycles. The predicted octanol–water partition coefficient (Wildman–Crippen LogP) is 1.84. The zero-order valence-electron chi connectivity index (χ0n) is 12.1. The van der Waals surface area contributed by atoms with Crippen molar-refractivity contribution in [3.05, 3.63) is 29.8 Å². The number of benzene rings is 1. The van der Waals surface area contributed by atoms with Crippen molar-refractivity contribution < 1.29 is 13.5 Å². The maximum Gasteiger partial charge on any atom is 0.243 e. The lowest BCUT2D eigenvalue weighted by molar-refractivity contribution is 0.350. The van der Waals surface area contributed by atoms with Gasteiger partial charge >= 0.3 is 0 Å². The normalized spacial score (nSPS) is 11.5. The van der Waals surface area contributed by atoms with Gasteiger partial charge in [-0.25, -0.2) is 8.42 Å². The Hall–Kier alpha value is -1.35. The highest BCUT2D eigenvalue weighted by Crippen LogP contribution is 2.19. The van der Waals surface area contributed by atoms with Crippen LogP contribution in [0.2, 0.25) is 0 Å². The average molecular weight is 295 g/mol. The molecule has 0 spiro atoms. The summed E-state index contributed by atoms with van der Waals surface area (Å²) in [5.74, 6) is 5.27. The van der Waals surface area contributed by atoms with Crippen molar-refractivity contribution >= 4 is 10.0 Å². The Labute approximate surface area is 121 Å². The standard InChI is InChI=1S/C15H21NO3S/c1-4-11-16(13(2)3)20(18,19)15-9-7-14(8-10-15)6-5-12-17/h7-10,13,17H,4,11-12H2,1-3H3. The Kier molecular flexibility index (Phi) is 6.21. The number of aliphatic hydroxyl groups is 1. The van der Waals surface area contributed by atoms with Gasteiger partial charge in [0.1, 0.15) is 6.61 Å². The summed E-state index contributed by atoms with van der Waals surface area (Å²) in [6.07, 6.45) is 0.775. The van der Waals surface area contributed by atoms with E-state index in [0.717, 1.165) is 6.42 Å². The molecule has 1 rings (SSSR count). The molecule has 0 bridgehead atoms. The predicted molar refractivity (Wildman–Crippen MR) is 79.7 cm³/mol. The molecule has 0 aliphatic rings. The number of aliphatic hydroxyl groups excluding tert-OH is 1. The van der Waals surface area contributed by atoms with Gasteiger partial charge in [-0.2, -0.15) is 4.31 Å². The van der Waals surface area contributed by atoms with Crippen LogP contribution in [0.5, 0.6) is 0 Å². The van der Waals surface area contributed by atoms with Gasteiger partial charge in [0.2, 0.25) is 10.0 Å². The van der Waals surface area contributed by atoms with E-state index in [2.05, 4.69) is 11.8 Å². The van der Waals surface area contributed by atoms with Gasteiger partial charge in [0.15, 0.2) is 0 Å². The van der Waals surface area contributed by atoms with E-state index in [4.69, 9.17) is 5.11 Å². The molecule has 20 heavy (non-hydrogen) atoms.